The Kier molecular flexibility index (Phi) is 8.26. The van der Waals surface area contributed by atoms with E-state index in [1.807, 2.05) is 0 Å². The highest BCUT2D eigenvalue weighted by Gasteiger charge is 2.12. The van der Waals surface area contributed by atoms with Gasteiger partial charge in [0, 0.05) is 8.07 Å². The zero-order chi connectivity index (χ0) is 14.2. The number of hydrogen-bond acceptors (Lipinski definition) is 0. The van der Waals surface area contributed by atoms with Crippen LogP contribution in [-0.2, 0) is 0 Å². The van der Waals surface area contributed by atoms with Gasteiger partial charge >= 0.3 is 0 Å². The zero-order valence-corrected chi connectivity index (χ0v) is 14.6. The highest BCUT2D eigenvalue weighted by Crippen LogP contribution is 2.16. The van der Waals surface area contributed by atoms with E-state index in [1.165, 1.54) is 30.0 Å². The summed E-state index contributed by atoms with van der Waals surface area (Å²) < 4.78 is 0. The summed E-state index contributed by atoms with van der Waals surface area (Å²) in [7, 11) is -0.928. The molecule has 1 heteroatoms. The molecule has 0 aromatic heterocycles. The van der Waals surface area contributed by atoms with Crippen molar-refractivity contribution < 1.29 is 0 Å². The minimum Gasteiger partial charge on any atom is -0.0856 e. The molecule has 0 amide bonds. The van der Waals surface area contributed by atoms with Gasteiger partial charge in [-0.15, -0.1) is 0 Å². The van der Waals surface area contributed by atoms with E-state index in [-0.39, 0.29) is 0 Å². The monoisotopic (exact) mass is 264 g/mol. The molecule has 0 heterocycles. The molecule has 0 aromatic rings. The second-order valence-corrected chi connectivity index (χ2v) is 12.4. The smallest absolute Gasteiger partial charge is 0.0483 e. The third-order valence-corrected chi connectivity index (χ3v) is 4.45. The zero-order valence-electron chi connectivity index (χ0n) is 13.6. The number of allylic oxidation sites excluding steroid dienone is 6. The Labute approximate surface area is 116 Å². The number of rotatable bonds is 7. The Hall–Kier alpha value is -0.563. The molecule has 0 fully saturated rings. The molecule has 0 atom stereocenters. The summed E-state index contributed by atoms with van der Waals surface area (Å²) in [6.45, 7) is 16.2. The van der Waals surface area contributed by atoms with Crippen molar-refractivity contribution >= 4 is 8.07 Å². The fourth-order valence-corrected chi connectivity index (χ4v) is 3.88. The first-order valence-electron chi connectivity index (χ1n) is 7.15. The molecule has 104 valence electrons. The van der Waals surface area contributed by atoms with E-state index in [9.17, 15) is 0 Å². The van der Waals surface area contributed by atoms with Gasteiger partial charge in [-0.1, -0.05) is 54.6 Å². The summed E-state index contributed by atoms with van der Waals surface area (Å²) in [5.74, 6) is 0. The molecule has 0 saturated heterocycles. The summed E-state index contributed by atoms with van der Waals surface area (Å²) >= 11 is 0. The molecule has 18 heavy (non-hydrogen) atoms. The summed E-state index contributed by atoms with van der Waals surface area (Å²) in [6, 6.07) is 1.33. The van der Waals surface area contributed by atoms with Crippen LogP contribution in [0.15, 0.2) is 34.9 Å². The van der Waals surface area contributed by atoms with Gasteiger partial charge in [0.15, 0.2) is 0 Å². The Morgan fingerprint density at radius 3 is 1.89 bits per heavy atom. The van der Waals surface area contributed by atoms with Gasteiger partial charge in [0.05, 0.1) is 0 Å². The first-order chi connectivity index (χ1) is 8.20. The lowest BCUT2D eigenvalue weighted by Crippen LogP contribution is -2.19. The second-order valence-electron chi connectivity index (χ2n) is 6.89. The lowest BCUT2D eigenvalue weighted by atomic mass is 10.1. The van der Waals surface area contributed by atoms with Crippen LogP contribution in [-0.4, -0.2) is 8.07 Å². The van der Waals surface area contributed by atoms with Gasteiger partial charge in [0.1, 0.15) is 0 Å². The van der Waals surface area contributed by atoms with E-state index in [2.05, 4.69) is 65.6 Å². The van der Waals surface area contributed by atoms with Crippen LogP contribution < -0.4 is 0 Å². The van der Waals surface area contributed by atoms with Crippen LogP contribution >= 0.6 is 0 Å². The van der Waals surface area contributed by atoms with E-state index in [0.717, 1.165) is 6.42 Å². The van der Waals surface area contributed by atoms with Gasteiger partial charge in [-0.25, -0.2) is 0 Å². The largest absolute Gasteiger partial charge is 0.0856 e. The minimum atomic E-state index is -0.928. The molecule has 0 aromatic carbocycles. The molecule has 0 nitrogen and oxygen atoms in total. The van der Waals surface area contributed by atoms with Crippen molar-refractivity contribution in [3.8, 4) is 0 Å². The van der Waals surface area contributed by atoms with Crippen molar-refractivity contribution in [2.45, 2.75) is 72.6 Å². The van der Waals surface area contributed by atoms with Gasteiger partial charge in [-0.3, -0.25) is 0 Å². The van der Waals surface area contributed by atoms with E-state index < -0.39 is 8.07 Å². The molecule has 0 spiro atoms. The van der Waals surface area contributed by atoms with E-state index in [0.29, 0.717) is 0 Å². The lowest BCUT2D eigenvalue weighted by molar-refractivity contribution is 0.957. The molecule has 0 bridgehead atoms. The van der Waals surface area contributed by atoms with Gasteiger partial charge in [0.25, 0.3) is 0 Å². The van der Waals surface area contributed by atoms with E-state index in [4.69, 9.17) is 0 Å². The third-order valence-electron chi connectivity index (χ3n) is 2.83. The molecule has 0 aliphatic heterocycles. The highest BCUT2D eigenvalue weighted by molar-refractivity contribution is 6.76. The van der Waals surface area contributed by atoms with E-state index >= 15 is 0 Å². The lowest BCUT2D eigenvalue weighted by Gasteiger charge is -2.15. The van der Waals surface area contributed by atoms with E-state index in [1.54, 1.807) is 5.57 Å². The summed E-state index contributed by atoms with van der Waals surface area (Å²) in [5, 5.41) is 0. The molecule has 0 aliphatic carbocycles. The van der Waals surface area contributed by atoms with Gasteiger partial charge in [0.2, 0.25) is 0 Å². The molecular weight excluding hydrogens is 232 g/mol. The normalized spacial score (nSPS) is 13.7. The van der Waals surface area contributed by atoms with Crippen LogP contribution in [0.2, 0.25) is 25.7 Å². The predicted molar refractivity (Wildman–Crippen MR) is 88.9 cm³/mol. The maximum atomic E-state index is 2.44. The van der Waals surface area contributed by atoms with Crippen LogP contribution in [0.1, 0.15) is 47.0 Å². The van der Waals surface area contributed by atoms with Crippen LogP contribution in [0.25, 0.3) is 0 Å². The fraction of sp³-hybridized carbons (Fsp3) is 0.647. The van der Waals surface area contributed by atoms with Crippen LogP contribution in [0.3, 0.4) is 0 Å². The molecule has 0 radical (unpaired) electrons. The molecular formula is C17H32Si. The van der Waals surface area contributed by atoms with Crippen molar-refractivity contribution in [1.29, 1.82) is 0 Å². The Bertz CT molecular complexity index is 320. The van der Waals surface area contributed by atoms with Crippen molar-refractivity contribution in [3.05, 3.63) is 34.9 Å². The average molecular weight is 265 g/mol. The van der Waals surface area contributed by atoms with Crippen molar-refractivity contribution in [3.63, 3.8) is 0 Å². The maximum Gasteiger partial charge on any atom is 0.0483 e. The second kappa shape index (κ2) is 8.52. The Balaban J connectivity index is 4.07. The van der Waals surface area contributed by atoms with Crippen molar-refractivity contribution in [2.75, 3.05) is 0 Å². The van der Waals surface area contributed by atoms with Crippen molar-refractivity contribution in [2.24, 2.45) is 0 Å². The van der Waals surface area contributed by atoms with Gasteiger partial charge in [-0.2, -0.15) is 0 Å². The quantitative estimate of drug-likeness (QED) is 0.371. The standard InChI is InChI=1S/C17H32Si/c1-15(2)10-8-11-16(3)12-9-13-17(4)14-18(5,6)7/h10,12-13H,8-9,11,14H2,1-7H3/b16-12+,17-13+. The minimum absolute atomic E-state index is 0.928. The summed E-state index contributed by atoms with van der Waals surface area (Å²) in [5.41, 5.74) is 4.51. The molecule has 0 saturated carbocycles. The summed E-state index contributed by atoms with van der Waals surface area (Å²) in [4.78, 5) is 0. The van der Waals surface area contributed by atoms with Crippen LogP contribution in [0.5, 0.6) is 0 Å². The average Bonchev–Trinajstić information content (AvgIpc) is 2.13. The first kappa shape index (κ1) is 17.4. The molecule has 0 rings (SSSR count). The third kappa shape index (κ3) is 11.9. The molecule has 0 unspecified atom stereocenters. The van der Waals surface area contributed by atoms with Gasteiger partial charge in [-0.05, 0) is 53.0 Å². The predicted octanol–water partition coefficient (Wildman–Crippen LogP) is 6.35. The molecule has 0 aliphatic rings. The van der Waals surface area contributed by atoms with Crippen LogP contribution in [0, 0.1) is 0 Å². The van der Waals surface area contributed by atoms with Crippen molar-refractivity contribution in [1.82, 2.24) is 0 Å². The van der Waals surface area contributed by atoms with Crippen LogP contribution in [0.4, 0.5) is 0 Å². The highest BCUT2D eigenvalue weighted by atomic mass is 28.3. The summed E-state index contributed by atoms with van der Waals surface area (Å²) in [6.07, 6.45) is 10.6. The number of hydrogen-bond donors (Lipinski definition) is 0. The Morgan fingerprint density at radius 2 is 1.39 bits per heavy atom. The van der Waals surface area contributed by atoms with Gasteiger partial charge < -0.3 is 0 Å². The maximum absolute atomic E-state index is 2.44. The fourth-order valence-electron chi connectivity index (χ4n) is 2.06. The topological polar surface area (TPSA) is 0 Å². The molecule has 0 N–H and O–H groups in total. The SMILES string of the molecule is CC(C)=CCC/C(C)=C/C/C=C(\C)C[Si](C)(C)C. The first-order valence-corrected chi connectivity index (χ1v) is 10.9. The Morgan fingerprint density at radius 1 is 0.833 bits per heavy atom.